The number of carbonyl (C=O) groups excluding carboxylic acids is 2. The molecule has 1 aliphatic rings. The molecule has 2 heterocycles. The molecule has 0 spiro atoms. The van der Waals surface area contributed by atoms with Gasteiger partial charge in [0.2, 0.25) is 5.91 Å². The van der Waals surface area contributed by atoms with Crippen LogP contribution in [0.4, 0.5) is 0 Å². The largest absolute Gasteiger partial charge is 0.347 e. The van der Waals surface area contributed by atoms with Crippen molar-refractivity contribution in [3.63, 3.8) is 0 Å². The first-order chi connectivity index (χ1) is 11.4. The maximum Gasteiger partial charge on any atom is 0.268 e. The highest BCUT2D eigenvalue weighted by Crippen LogP contribution is 2.19. The number of nitrogens with one attached hydrogen (secondary N) is 1. The van der Waals surface area contributed by atoms with Crippen molar-refractivity contribution in [3.8, 4) is 0 Å². The van der Waals surface area contributed by atoms with Gasteiger partial charge in [0.15, 0.2) is 0 Å². The number of nitrogens with zero attached hydrogens (tertiary/aromatic N) is 3. The van der Waals surface area contributed by atoms with E-state index in [2.05, 4.69) is 19.2 Å². The summed E-state index contributed by atoms with van der Waals surface area (Å²) in [4.78, 5) is 29.1. The molecule has 24 heavy (non-hydrogen) atoms. The Labute approximate surface area is 144 Å². The van der Waals surface area contributed by atoms with Gasteiger partial charge in [0.1, 0.15) is 5.69 Å². The quantitative estimate of drug-likeness (QED) is 0.862. The van der Waals surface area contributed by atoms with E-state index in [-0.39, 0.29) is 29.9 Å². The SMILES string of the molecule is CCN(CC)C(=O)[C@@H]1C[C@H](NC(=O)c2cccn2C(C)C)CN1C. The van der Waals surface area contributed by atoms with Gasteiger partial charge >= 0.3 is 0 Å². The summed E-state index contributed by atoms with van der Waals surface area (Å²) < 4.78 is 1.96. The monoisotopic (exact) mass is 334 g/mol. The smallest absolute Gasteiger partial charge is 0.268 e. The molecule has 2 rings (SSSR count). The summed E-state index contributed by atoms with van der Waals surface area (Å²) in [7, 11) is 1.95. The Morgan fingerprint density at radius 2 is 2.00 bits per heavy atom. The third kappa shape index (κ3) is 3.80. The van der Waals surface area contributed by atoms with Gasteiger partial charge in [-0.25, -0.2) is 0 Å². The first-order valence-corrected chi connectivity index (χ1v) is 8.85. The maximum atomic E-state index is 12.6. The van der Waals surface area contributed by atoms with Crippen LogP contribution in [0.1, 0.15) is 50.6 Å². The van der Waals surface area contributed by atoms with Crippen molar-refractivity contribution in [1.82, 2.24) is 19.7 Å². The molecule has 134 valence electrons. The zero-order chi connectivity index (χ0) is 17.9. The van der Waals surface area contributed by atoms with Crippen LogP contribution >= 0.6 is 0 Å². The third-order valence-electron chi connectivity index (χ3n) is 4.81. The Kier molecular flexibility index (Phi) is 6.04. The Hall–Kier alpha value is -1.82. The van der Waals surface area contributed by atoms with Crippen LogP contribution in [0.3, 0.4) is 0 Å². The van der Waals surface area contributed by atoms with Gasteiger partial charge in [-0.2, -0.15) is 0 Å². The standard InChI is InChI=1S/C18H30N4O2/c1-6-21(7-2)18(24)16-11-14(12-20(16)5)19-17(23)15-9-8-10-22(15)13(3)4/h8-10,13-14,16H,6-7,11-12H2,1-5H3,(H,19,23)/t14-,16-/m0/s1. The van der Waals surface area contributed by atoms with E-state index >= 15 is 0 Å². The second-order valence-corrected chi connectivity index (χ2v) is 6.77. The predicted molar refractivity (Wildman–Crippen MR) is 95.0 cm³/mol. The molecule has 0 bridgehead atoms. The van der Waals surface area contributed by atoms with Crippen molar-refractivity contribution in [1.29, 1.82) is 0 Å². The van der Waals surface area contributed by atoms with Gasteiger partial charge in [0.25, 0.3) is 5.91 Å². The highest BCUT2D eigenvalue weighted by molar-refractivity contribution is 5.93. The summed E-state index contributed by atoms with van der Waals surface area (Å²) >= 11 is 0. The Balaban J connectivity index is 2.01. The summed E-state index contributed by atoms with van der Waals surface area (Å²) in [6, 6.07) is 3.83. The molecule has 1 aromatic heterocycles. The van der Waals surface area contributed by atoms with E-state index in [1.54, 1.807) is 0 Å². The first-order valence-electron chi connectivity index (χ1n) is 8.85. The molecule has 1 aliphatic heterocycles. The molecule has 0 aliphatic carbocycles. The van der Waals surface area contributed by atoms with Gasteiger partial charge in [0, 0.05) is 37.9 Å². The number of likely N-dealkylation sites (tertiary alicyclic amines) is 1. The van der Waals surface area contributed by atoms with Crippen molar-refractivity contribution in [2.45, 2.75) is 52.2 Å². The van der Waals surface area contributed by atoms with E-state index in [1.807, 2.05) is 53.6 Å². The summed E-state index contributed by atoms with van der Waals surface area (Å²) in [6.07, 6.45) is 2.59. The second-order valence-electron chi connectivity index (χ2n) is 6.77. The maximum absolute atomic E-state index is 12.6. The van der Waals surface area contributed by atoms with Crippen molar-refractivity contribution < 1.29 is 9.59 Å². The van der Waals surface area contributed by atoms with Crippen molar-refractivity contribution in [3.05, 3.63) is 24.0 Å². The van der Waals surface area contributed by atoms with E-state index in [1.165, 1.54) is 0 Å². The number of aromatic nitrogens is 1. The zero-order valence-electron chi connectivity index (χ0n) is 15.5. The van der Waals surface area contributed by atoms with Gasteiger partial charge in [-0.15, -0.1) is 0 Å². The van der Waals surface area contributed by atoms with E-state index in [4.69, 9.17) is 0 Å². The number of amides is 2. The third-order valence-corrected chi connectivity index (χ3v) is 4.81. The van der Waals surface area contributed by atoms with Gasteiger partial charge in [0.05, 0.1) is 6.04 Å². The molecule has 1 aromatic rings. The first kappa shape index (κ1) is 18.5. The van der Waals surface area contributed by atoms with Crippen LogP contribution in [-0.2, 0) is 4.79 Å². The van der Waals surface area contributed by atoms with Crippen LogP contribution in [0.15, 0.2) is 18.3 Å². The molecule has 6 heteroatoms. The summed E-state index contributed by atoms with van der Waals surface area (Å²) in [5.74, 6) is 0.0906. The summed E-state index contributed by atoms with van der Waals surface area (Å²) in [5, 5.41) is 3.09. The van der Waals surface area contributed by atoms with Crippen LogP contribution in [0, 0.1) is 0 Å². The average molecular weight is 334 g/mol. The van der Waals surface area contributed by atoms with Gasteiger partial charge in [-0.1, -0.05) is 0 Å². The molecule has 1 fully saturated rings. The lowest BCUT2D eigenvalue weighted by molar-refractivity contribution is -0.135. The fourth-order valence-electron chi connectivity index (χ4n) is 3.43. The molecule has 6 nitrogen and oxygen atoms in total. The van der Waals surface area contributed by atoms with E-state index in [0.29, 0.717) is 18.7 Å². The lowest BCUT2D eigenvalue weighted by Gasteiger charge is -2.26. The molecule has 1 N–H and O–H groups in total. The highest BCUT2D eigenvalue weighted by atomic mass is 16.2. The van der Waals surface area contributed by atoms with E-state index < -0.39 is 0 Å². The van der Waals surface area contributed by atoms with Crippen molar-refractivity contribution >= 4 is 11.8 Å². The van der Waals surface area contributed by atoms with Crippen LogP contribution in [-0.4, -0.2) is 64.9 Å². The van der Waals surface area contributed by atoms with Crippen LogP contribution in [0.2, 0.25) is 0 Å². The summed E-state index contributed by atoms with van der Waals surface area (Å²) in [6.45, 7) is 10.2. The van der Waals surface area contributed by atoms with Gasteiger partial charge < -0.3 is 14.8 Å². The molecule has 1 saturated heterocycles. The highest BCUT2D eigenvalue weighted by Gasteiger charge is 2.37. The number of hydrogen-bond donors (Lipinski definition) is 1. The Bertz CT molecular complexity index is 577. The second kappa shape index (κ2) is 7.83. The van der Waals surface area contributed by atoms with Crippen LogP contribution in [0.25, 0.3) is 0 Å². The average Bonchev–Trinajstić information content (AvgIpc) is 3.15. The molecule has 0 saturated carbocycles. The van der Waals surface area contributed by atoms with E-state index in [0.717, 1.165) is 13.1 Å². The number of carbonyl (C=O) groups is 2. The molecular weight excluding hydrogens is 304 g/mol. The topological polar surface area (TPSA) is 57.6 Å². The van der Waals surface area contributed by atoms with Crippen LogP contribution < -0.4 is 5.32 Å². The molecular formula is C18H30N4O2. The molecule has 0 radical (unpaired) electrons. The van der Waals surface area contributed by atoms with Gasteiger partial charge in [-0.05, 0) is 53.3 Å². The predicted octanol–water partition coefficient (Wildman–Crippen LogP) is 1.74. The molecule has 2 amide bonds. The van der Waals surface area contributed by atoms with E-state index in [9.17, 15) is 9.59 Å². The number of likely N-dealkylation sites (N-methyl/N-ethyl adjacent to an activating group) is 2. The fourth-order valence-corrected chi connectivity index (χ4v) is 3.43. The number of hydrogen-bond acceptors (Lipinski definition) is 3. The molecule has 2 atom stereocenters. The Morgan fingerprint density at radius 3 is 2.58 bits per heavy atom. The lowest BCUT2D eigenvalue weighted by Crippen LogP contribution is -2.44. The normalized spacial score (nSPS) is 21.2. The summed E-state index contributed by atoms with van der Waals surface area (Å²) in [5.41, 5.74) is 0.672. The fraction of sp³-hybridized carbons (Fsp3) is 0.667. The minimum Gasteiger partial charge on any atom is -0.347 e. The minimum atomic E-state index is -0.146. The van der Waals surface area contributed by atoms with Crippen LogP contribution in [0.5, 0.6) is 0 Å². The Morgan fingerprint density at radius 1 is 1.33 bits per heavy atom. The minimum absolute atomic E-state index is 0.00234. The molecule has 0 unspecified atom stereocenters. The number of rotatable bonds is 6. The van der Waals surface area contributed by atoms with Crippen molar-refractivity contribution in [2.24, 2.45) is 0 Å². The zero-order valence-corrected chi connectivity index (χ0v) is 15.5. The molecule has 0 aromatic carbocycles. The van der Waals surface area contributed by atoms with Crippen molar-refractivity contribution in [2.75, 3.05) is 26.7 Å². The lowest BCUT2D eigenvalue weighted by atomic mass is 10.1. The van der Waals surface area contributed by atoms with Gasteiger partial charge in [-0.3, -0.25) is 14.5 Å².